The van der Waals surface area contributed by atoms with E-state index in [0.717, 1.165) is 29.4 Å². The fourth-order valence-corrected chi connectivity index (χ4v) is 5.52. The van der Waals surface area contributed by atoms with Crippen molar-refractivity contribution in [1.29, 1.82) is 0 Å². The Morgan fingerprint density at radius 1 is 0.735 bits per heavy atom. The van der Waals surface area contributed by atoms with Crippen LogP contribution in [-0.2, 0) is 12.8 Å². The Bertz CT molecular complexity index is 1010. The first-order valence-electron chi connectivity index (χ1n) is 13.3. The van der Waals surface area contributed by atoms with Crippen molar-refractivity contribution in [1.82, 2.24) is 0 Å². The average molecular weight is 477 g/mol. The minimum absolute atomic E-state index is 0.171. The van der Waals surface area contributed by atoms with Crippen LogP contribution in [0.5, 0.6) is 0 Å². The van der Waals surface area contributed by atoms with Gasteiger partial charge in [-0.3, -0.25) is 0 Å². The topological polar surface area (TPSA) is 0 Å². The lowest BCUT2D eigenvalue weighted by Gasteiger charge is -2.29. The Morgan fingerprint density at radius 3 is 2.06 bits per heavy atom. The fourth-order valence-electron chi connectivity index (χ4n) is 5.41. The Kier molecular flexibility index (Phi) is 9.22. The fraction of sp³-hybridized carbons (Fsp3) is 0.438. The second kappa shape index (κ2) is 12.5. The van der Waals surface area contributed by atoms with E-state index < -0.39 is 0 Å². The van der Waals surface area contributed by atoms with Gasteiger partial charge < -0.3 is 0 Å². The molecule has 0 amide bonds. The lowest BCUT2D eigenvalue weighted by Crippen LogP contribution is -2.14. The summed E-state index contributed by atoms with van der Waals surface area (Å²) in [4.78, 5) is 0. The van der Waals surface area contributed by atoms with Gasteiger partial charge in [-0.1, -0.05) is 92.4 Å². The molecule has 0 aliphatic heterocycles. The minimum atomic E-state index is -0.364. The predicted molar refractivity (Wildman–Crippen MR) is 144 cm³/mol. The molecule has 0 saturated heterocycles. The third-order valence-corrected chi connectivity index (χ3v) is 7.97. The maximum atomic E-state index is 13.8. The lowest BCUT2D eigenvalue weighted by molar-refractivity contribution is 0.310. The first-order chi connectivity index (χ1) is 16.6. The van der Waals surface area contributed by atoms with E-state index in [1.54, 1.807) is 11.6 Å². The summed E-state index contributed by atoms with van der Waals surface area (Å²) < 4.78 is 13.8. The van der Waals surface area contributed by atoms with Crippen LogP contribution in [0.3, 0.4) is 0 Å². The van der Waals surface area contributed by atoms with Gasteiger partial charge in [-0.15, -0.1) is 0 Å². The summed E-state index contributed by atoms with van der Waals surface area (Å²) in [6.45, 7) is 2.27. The molecule has 2 heteroatoms. The molecule has 0 nitrogen and oxygen atoms in total. The van der Waals surface area contributed by atoms with Gasteiger partial charge in [0, 0.05) is 0 Å². The number of hydrogen-bond acceptors (Lipinski definition) is 0. The molecule has 0 heterocycles. The zero-order chi connectivity index (χ0) is 23.8. The molecule has 0 spiro atoms. The normalized spacial score (nSPS) is 18.2. The van der Waals surface area contributed by atoms with Crippen molar-refractivity contribution < 1.29 is 4.39 Å². The van der Waals surface area contributed by atoms with E-state index in [4.69, 9.17) is 11.6 Å². The first kappa shape index (κ1) is 25.0. The molecule has 3 aromatic carbocycles. The maximum absolute atomic E-state index is 13.8. The summed E-state index contributed by atoms with van der Waals surface area (Å²) >= 11 is 5.81. The molecular weight excluding hydrogens is 439 g/mol. The Balaban J connectivity index is 1.21. The molecule has 1 aliphatic rings. The van der Waals surface area contributed by atoms with Crippen molar-refractivity contribution in [2.75, 3.05) is 0 Å². The summed E-state index contributed by atoms with van der Waals surface area (Å²) in [6.07, 6.45) is 14.3. The third-order valence-electron chi connectivity index (χ3n) is 7.67. The highest BCUT2D eigenvalue weighted by atomic mass is 35.5. The van der Waals surface area contributed by atoms with Crippen LogP contribution in [-0.4, -0.2) is 0 Å². The summed E-state index contributed by atoms with van der Waals surface area (Å²) in [5, 5.41) is 0.171. The van der Waals surface area contributed by atoms with Crippen LogP contribution < -0.4 is 0 Å². The van der Waals surface area contributed by atoms with Gasteiger partial charge in [0.15, 0.2) is 0 Å². The van der Waals surface area contributed by atoms with Crippen molar-refractivity contribution in [3.63, 3.8) is 0 Å². The smallest absolute Gasteiger partial charge is 0.142 e. The standard InChI is InChI=1S/C32H38ClF/c1-2-3-4-5-6-24-9-15-27(16-10-24)28-17-11-25(12-18-28)7-8-26-13-19-29(20-14-26)30-21-22-31(33)32(34)23-30/h9-10,13-16,19-23,25,28H,2-8,11-12,17-18H2,1H3. The van der Waals surface area contributed by atoms with E-state index in [9.17, 15) is 4.39 Å². The number of benzene rings is 3. The zero-order valence-corrected chi connectivity index (χ0v) is 21.3. The molecule has 3 aromatic rings. The summed E-state index contributed by atoms with van der Waals surface area (Å²) in [5.74, 6) is 1.21. The van der Waals surface area contributed by atoms with E-state index in [1.165, 1.54) is 81.4 Å². The quantitative estimate of drug-likeness (QED) is 0.255. The van der Waals surface area contributed by atoms with Crippen LogP contribution in [0.25, 0.3) is 11.1 Å². The van der Waals surface area contributed by atoms with Crippen LogP contribution in [0.4, 0.5) is 4.39 Å². The molecule has 180 valence electrons. The molecule has 0 aromatic heterocycles. The van der Waals surface area contributed by atoms with Crippen molar-refractivity contribution in [3.05, 3.63) is 94.3 Å². The van der Waals surface area contributed by atoms with E-state index in [1.807, 2.05) is 6.07 Å². The molecule has 4 rings (SSSR count). The van der Waals surface area contributed by atoms with Gasteiger partial charge in [0.25, 0.3) is 0 Å². The second-order valence-corrected chi connectivity index (χ2v) is 10.5. The van der Waals surface area contributed by atoms with E-state index >= 15 is 0 Å². The van der Waals surface area contributed by atoms with Gasteiger partial charge in [-0.05, 0) is 103 Å². The van der Waals surface area contributed by atoms with E-state index in [-0.39, 0.29) is 10.8 Å². The second-order valence-electron chi connectivity index (χ2n) is 10.1. The number of aryl methyl sites for hydroxylation is 2. The van der Waals surface area contributed by atoms with Crippen molar-refractivity contribution in [2.45, 2.75) is 83.5 Å². The molecule has 0 radical (unpaired) electrons. The van der Waals surface area contributed by atoms with Crippen molar-refractivity contribution >= 4 is 11.6 Å². The van der Waals surface area contributed by atoms with Crippen molar-refractivity contribution in [3.8, 4) is 11.1 Å². The van der Waals surface area contributed by atoms with E-state index in [0.29, 0.717) is 0 Å². The Hall–Kier alpha value is -2.12. The SMILES string of the molecule is CCCCCCc1ccc(C2CCC(CCc3ccc(-c4ccc(Cl)c(F)c4)cc3)CC2)cc1. The van der Waals surface area contributed by atoms with Crippen molar-refractivity contribution in [2.24, 2.45) is 5.92 Å². The van der Waals surface area contributed by atoms with Crippen LogP contribution in [0, 0.1) is 11.7 Å². The number of halogens is 2. The molecule has 1 saturated carbocycles. The van der Waals surface area contributed by atoms with Crippen LogP contribution in [0.15, 0.2) is 66.7 Å². The molecule has 0 bridgehead atoms. The largest absolute Gasteiger partial charge is 0.205 e. The Labute approximate surface area is 210 Å². The molecule has 0 unspecified atom stereocenters. The number of hydrogen-bond donors (Lipinski definition) is 0. The molecule has 34 heavy (non-hydrogen) atoms. The van der Waals surface area contributed by atoms with Gasteiger partial charge in [0.2, 0.25) is 0 Å². The monoisotopic (exact) mass is 476 g/mol. The summed E-state index contributed by atoms with van der Waals surface area (Å²) in [7, 11) is 0. The highest BCUT2D eigenvalue weighted by molar-refractivity contribution is 6.30. The first-order valence-corrected chi connectivity index (χ1v) is 13.6. The predicted octanol–water partition coefficient (Wildman–Crippen LogP) is 10.2. The van der Waals surface area contributed by atoms with E-state index in [2.05, 4.69) is 55.5 Å². The maximum Gasteiger partial charge on any atom is 0.142 e. The molecule has 1 aliphatic carbocycles. The van der Waals surface area contributed by atoms with Gasteiger partial charge in [-0.25, -0.2) is 4.39 Å². The lowest BCUT2D eigenvalue weighted by atomic mass is 9.76. The highest BCUT2D eigenvalue weighted by Gasteiger charge is 2.22. The summed E-state index contributed by atoms with van der Waals surface area (Å²) in [6, 6.07) is 23.1. The van der Waals surface area contributed by atoms with Crippen LogP contribution in [0.2, 0.25) is 5.02 Å². The molecule has 0 N–H and O–H groups in total. The average Bonchev–Trinajstić information content (AvgIpc) is 2.88. The van der Waals surface area contributed by atoms with Gasteiger partial charge in [0.05, 0.1) is 5.02 Å². The Morgan fingerprint density at radius 2 is 1.38 bits per heavy atom. The number of rotatable bonds is 10. The molecular formula is C32H38ClF. The number of unbranched alkanes of at least 4 members (excludes halogenated alkanes) is 3. The van der Waals surface area contributed by atoms with Gasteiger partial charge in [-0.2, -0.15) is 0 Å². The van der Waals surface area contributed by atoms with Crippen LogP contribution >= 0.6 is 11.6 Å². The highest BCUT2D eigenvalue weighted by Crippen LogP contribution is 2.37. The minimum Gasteiger partial charge on any atom is -0.205 e. The molecule has 0 atom stereocenters. The third kappa shape index (κ3) is 6.95. The zero-order valence-electron chi connectivity index (χ0n) is 20.5. The van der Waals surface area contributed by atoms with Gasteiger partial charge >= 0.3 is 0 Å². The van der Waals surface area contributed by atoms with Crippen LogP contribution in [0.1, 0.15) is 87.3 Å². The summed E-state index contributed by atoms with van der Waals surface area (Å²) in [5.41, 5.74) is 6.32. The molecule has 1 fully saturated rings. The van der Waals surface area contributed by atoms with Gasteiger partial charge in [0.1, 0.15) is 5.82 Å².